The van der Waals surface area contributed by atoms with Crippen LogP contribution in [0.1, 0.15) is 24.2 Å². The van der Waals surface area contributed by atoms with Gasteiger partial charge < -0.3 is 5.11 Å². The smallest absolute Gasteiger partial charge is 0.0713 e. The first kappa shape index (κ1) is 9.33. The van der Waals surface area contributed by atoms with Gasteiger partial charge in [0.15, 0.2) is 0 Å². The van der Waals surface area contributed by atoms with E-state index in [1.807, 2.05) is 24.3 Å². The third-order valence-corrected chi connectivity index (χ3v) is 2.00. The average molecular weight is 160 g/mol. The molecule has 0 spiro atoms. The van der Waals surface area contributed by atoms with Crippen LogP contribution in [0, 0.1) is 0 Å². The Bertz CT molecular complexity index is 230. The van der Waals surface area contributed by atoms with E-state index >= 15 is 0 Å². The lowest BCUT2D eigenvalue weighted by Gasteiger charge is -2.08. The molecule has 0 saturated carbocycles. The zero-order valence-electron chi connectivity index (χ0n) is 7.33. The first-order valence-electron chi connectivity index (χ1n) is 4.25. The van der Waals surface area contributed by atoms with Crippen LogP contribution in [0.5, 0.6) is 0 Å². The van der Waals surface area contributed by atoms with E-state index in [0.717, 1.165) is 12.0 Å². The summed E-state index contributed by atoms with van der Waals surface area (Å²) in [5.41, 5.74) is 2.18. The van der Waals surface area contributed by atoms with Gasteiger partial charge in [-0.1, -0.05) is 37.5 Å². The van der Waals surface area contributed by atoms with Crippen molar-refractivity contribution < 1.29 is 5.11 Å². The lowest BCUT2D eigenvalue weighted by atomic mass is 9.94. The van der Waals surface area contributed by atoms with Crippen LogP contribution in [0.25, 0.3) is 0 Å². The normalized spacial score (nSPS) is 12.8. The first-order valence-corrected chi connectivity index (χ1v) is 4.25. The lowest BCUT2D eigenvalue weighted by Crippen LogP contribution is -1.95. The fourth-order valence-corrected chi connectivity index (χ4v) is 1.11. The van der Waals surface area contributed by atoms with E-state index in [1.165, 1.54) is 5.56 Å². The van der Waals surface area contributed by atoms with E-state index < -0.39 is 6.10 Å². The maximum absolute atomic E-state index is 9.37. The summed E-state index contributed by atoms with van der Waals surface area (Å²) in [7, 11) is 5.32. The summed E-state index contributed by atoms with van der Waals surface area (Å²) >= 11 is 0. The monoisotopic (exact) mass is 160 g/mol. The first-order chi connectivity index (χ1) is 5.77. The van der Waals surface area contributed by atoms with Crippen molar-refractivity contribution in [3.05, 3.63) is 35.4 Å². The summed E-state index contributed by atoms with van der Waals surface area (Å²) in [6.45, 7) is 2.11. The van der Waals surface area contributed by atoms with E-state index in [-0.39, 0.29) is 6.32 Å². The van der Waals surface area contributed by atoms with E-state index in [4.69, 9.17) is 7.85 Å². The third-order valence-electron chi connectivity index (χ3n) is 2.00. The fraction of sp³-hybridized carbons (Fsp3) is 0.400. The Balaban J connectivity index is 2.77. The number of aliphatic hydroxyl groups is 1. The minimum Gasteiger partial charge on any atom is -0.389 e. The van der Waals surface area contributed by atoms with Crippen LogP contribution in [0.4, 0.5) is 0 Å². The highest BCUT2D eigenvalue weighted by atomic mass is 16.3. The van der Waals surface area contributed by atoms with Crippen molar-refractivity contribution in [1.29, 1.82) is 0 Å². The molecule has 0 aliphatic rings. The van der Waals surface area contributed by atoms with Crippen molar-refractivity contribution in [3.63, 3.8) is 0 Å². The number of aliphatic hydroxyl groups excluding tert-OH is 1. The van der Waals surface area contributed by atoms with Crippen LogP contribution in [0.15, 0.2) is 24.3 Å². The Morgan fingerprint density at radius 3 is 2.33 bits per heavy atom. The molecule has 1 aromatic carbocycles. The van der Waals surface area contributed by atoms with Crippen molar-refractivity contribution in [2.45, 2.75) is 25.8 Å². The molecule has 0 amide bonds. The second-order valence-corrected chi connectivity index (χ2v) is 2.85. The summed E-state index contributed by atoms with van der Waals surface area (Å²) < 4.78 is 0. The molecule has 12 heavy (non-hydrogen) atoms. The van der Waals surface area contributed by atoms with Crippen molar-refractivity contribution >= 4 is 7.85 Å². The zero-order valence-corrected chi connectivity index (χ0v) is 7.33. The van der Waals surface area contributed by atoms with Gasteiger partial charge in [0.1, 0.15) is 0 Å². The topological polar surface area (TPSA) is 20.2 Å². The molecule has 2 heteroatoms. The van der Waals surface area contributed by atoms with Gasteiger partial charge in [0.05, 0.1) is 14.0 Å². The van der Waals surface area contributed by atoms with Crippen molar-refractivity contribution in [2.24, 2.45) is 0 Å². The summed E-state index contributed by atoms with van der Waals surface area (Å²) in [5.74, 6) is 0. The van der Waals surface area contributed by atoms with Gasteiger partial charge in [-0.2, -0.15) is 0 Å². The van der Waals surface area contributed by atoms with Crippen LogP contribution < -0.4 is 0 Å². The van der Waals surface area contributed by atoms with E-state index in [1.54, 1.807) is 0 Å². The molecule has 0 aliphatic carbocycles. The number of hydrogen-bond acceptors (Lipinski definition) is 1. The molecule has 1 N–H and O–H groups in total. The number of hydrogen-bond donors (Lipinski definition) is 1. The van der Waals surface area contributed by atoms with E-state index in [2.05, 4.69) is 6.92 Å². The Labute approximate surface area is 74.8 Å². The Morgan fingerprint density at radius 1 is 1.33 bits per heavy atom. The van der Waals surface area contributed by atoms with Crippen molar-refractivity contribution in [3.8, 4) is 0 Å². The molecule has 0 saturated heterocycles. The lowest BCUT2D eigenvalue weighted by molar-refractivity contribution is 0.199. The highest BCUT2D eigenvalue weighted by molar-refractivity contribution is 6.08. The number of rotatable bonds is 3. The summed E-state index contributed by atoms with van der Waals surface area (Å²) in [6.07, 6.45) is 0.792. The van der Waals surface area contributed by atoms with Crippen molar-refractivity contribution in [2.75, 3.05) is 0 Å². The number of aryl methyl sites for hydroxylation is 1. The zero-order chi connectivity index (χ0) is 8.97. The van der Waals surface area contributed by atoms with Gasteiger partial charge >= 0.3 is 0 Å². The fourth-order valence-electron chi connectivity index (χ4n) is 1.11. The SMILES string of the molecule is [B]C[C@@H](O)c1ccc(CC)cc1. The Kier molecular flexibility index (Phi) is 3.36. The summed E-state index contributed by atoms with van der Waals surface area (Å²) in [6, 6.07) is 7.90. The molecular weight excluding hydrogens is 147 g/mol. The average Bonchev–Trinajstić information content (AvgIpc) is 2.17. The molecule has 0 bridgehead atoms. The van der Waals surface area contributed by atoms with Gasteiger partial charge in [0.25, 0.3) is 0 Å². The minimum absolute atomic E-state index is 0.283. The van der Waals surface area contributed by atoms with Crippen LogP contribution >= 0.6 is 0 Å². The maximum atomic E-state index is 9.37. The third kappa shape index (κ3) is 2.11. The van der Waals surface area contributed by atoms with Gasteiger partial charge in [-0.15, -0.1) is 0 Å². The van der Waals surface area contributed by atoms with Gasteiger partial charge in [-0.05, 0) is 17.5 Å². The Hall–Kier alpha value is -0.755. The second kappa shape index (κ2) is 4.32. The molecule has 1 aromatic rings. The Morgan fingerprint density at radius 2 is 1.92 bits per heavy atom. The van der Waals surface area contributed by atoms with Crippen LogP contribution in [-0.2, 0) is 6.42 Å². The quantitative estimate of drug-likeness (QED) is 0.669. The minimum atomic E-state index is -0.518. The van der Waals surface area contributed by atoms with Crippen molar-refractivity contribution in [1.82, 2.24) is 0 Å². The highest BCUT2D eigenvalue weighted by Crippen LogP contribution is 2.16. The maximum Gasteiger partial charge on any atom is 0.0713 e. The molecule has 0 aromatic heterocycles. The van der Waals surface area contributed by atoms with Gasteiger partial charge in [0, 0.05) is 0 Å². The predicted octanol–water partition coefficient (Wildman–Crippen LogP) is 1.87. The molecule has 1 rings (SSSR count). The molecule has 1 atom stereocenters. The molecule has 0 aliphatic heterocycles. The predicted molar refractivity (Wildman–Crippen MR) is 51.3 cm³/mol. The standard InChI is InChI=1S/C10H13BO/c1-2-8-3-5-9(6-4-8)10(12)7-11/h3-6,10,12H,2,7H2,1H3/t10-/m1/s1. The van der Waals surface area contributed by atoms with Crippen LogP contribution in [0.2, 0.25) is 6.32 Å². The van der Waals surface area contributed by atoms with Gasteiger partial charge in [-0.25, -0.2) is 0 Å². The molecule has 0 fully saturated rings. The van der Waals surface area contributed by atoms with Gasteiger partial charge in [-0.3, -0.25) is 0 Å². The molecular formula is C10H13BO. The summed E-state index contributed by atoms with van der Waals surface area (Å²) in [5, 5.41) is 9.37. The molecule has 2 radical (unpaired) electrons. The number of benzene rings is 1. The largest absolute Gasteiger partial charge is 0.389 e. The molecule has 1 nitrogen and oxygen atoms in total. The molecule has 62 valence electrons. The highest BCUT2D eigenvalue weighted by Gasteiger charge is 2.02. The second-order valence-electron chi connectivity index (χ2n) is 2.85. The van der Waals surface area contributed by atoms with Crippen LogP contribution in [-0.4, -0.2) is 13.0 Å². The van der Waals surface area contributed by atoms with Gasteiger partial charge in [0.2, 0.25) is 0 Å². The van der Waals surface area contributed by atoms with E-state index in [9.17, 15) is 5.11 Å². The van der Waals surface area contributed by atoms with E-state index in [0.29, 0.717) is 0 Å². The molecule has 0 unspecified atom stereocenters. The summed E-state index contributed by atoms with van der Waals surface area (Å²) in [4.78, 5) is 0. The molecule has 0 heterocycles. The van der Waals surface area contributed by atoms with Crippen LogP contribution in [0.3, 0.4) is 0 Å².